The Balaban J connectivity index is 2.26. The SMILES string of the molecule is COc1cc(C(F)(F)F)ccc1Nc1ccc(C(F)(F)F)cc1. The Morgan fingerprint density at radius 3 is 1.78 bits per heavy atom. The van der Waals surface area contributed by atoms with Gasteiger partial charge in [0.1, 0.15) is 5.75 Å². The molecule has 2 aromatic carbocycles. The predicted molar refractivity (Wildman–Crippen MR) is 72.7 cm³/mol. The van der Waals surface area contributed by atoms with E-state index in [2.05, 4.69) is 5.32 Å². The van der Waals surface area contributed by atoms with Gasteiger partial charge in [0.15, 0.2) is 0 Å². The molecule has 0 saturated heterocycles. The van der Waals surface area contributed by atoms with Crippen molar-refractivity contribution in [3.63, 3.8) is 0 Å². The third kappa shape index (κ3) is 4.08. The molecule has 0 spiro atoms. The average Bonchev–Trinajstić information content (AvgIpc) is 2.46. The summed E-state index contributed by atoms with van der Waals surface area (Å²) in [5, 5.41) is 2.72. The third-order valence-corrected chi connectivity index (χ3v) is 3.02. The van der Waals surface area contributed by atoms with Crippen LogP contribution in [0.2, 0.25) is 0 Å². The molecule has 2 nitrogen and oxygen atoms in total. The first-order valence-electron chi connectivity index (χ1n) is 6.31. The molecule has 0 aliphatic rings. The highest BCUT2D eigenvalue weighted by Gasteiger charge is 2.31. The predicted octanol–water partition coefficient (Wildman–Crippen LogP) is 5.48. The van der Waals surface area contributed by atoms with Crippen LogP contribution in [-0.2, 0) is 12.4 Å². The van der Waals surface area contributed by atoms with Crippen molar-refractivity contribution in [2.75, 3.05) is 12.4 Å². The van der Waals surface area contributed by atoms with E-state index in [1.807, 2.05) is 0 Å². The molecule has 23 heavy (non-hydrogen) atoms. The molecule has 0 unspecified atom stereocenters. The Labute approximate surface area is 127 Å². The van der Waals surface area contributed by atoms with Gasteiger partial charge in [0.05, 0.1) is 23.9 Å². The van der Waals surface area contributed by atoms with Crippen molar-refractivity contribution in [1.82, 2.24) is 0 Å². The van der Waals surface area contributed by atoms with E-state index < -0.39 is 23.5 Å². The minimum absolute atomic E-state index is 0.0697. The van der Waals surface area contributed by atoms with Crippen molar-refractivity contribution < 1.29 is 31.1 Å². The largest absolute Gasteiger partial charge is 0.495 e. The maximum Gasteiger partial charge on any atom is 0.416 e. The molecule has 0 bridgehead atoms. The van der Waals surface area contributed by atoms with E-state index in [9.17, 15) is 26.3 Å². The molecule has 1 N–H and O–H groups in total. The van der Waals surface area contributed by atoms with Gasteiger partial charge in [-0.2, -0.15) is 26.3 Å². The zero-order chi connectivity index (χ0) is 17.3. The standard InChI is InChI=1S/C15H11F6NO/c1-23-13-8-10(15(19,20)21)4-7-12(13)22-11-5-2-9(3-6-11)14(16,17)18/h2-8,22H,1H3. The van der Waals surface area contributed by atoms with Crippen molar-refractivity contribution >= 4 is 11.4 Å². The molecule has 2 aromatic rings. The summed E-state index contributed by atoms with van der Waals surface area (Å²) in [6.45, 7) is 0. The van der Waals surface area contributed by atoms with Crippen LogP contribution in [0.15, 0.2) is 42.5 Å². The van der Waals surface area contributed by atoms with E-state index >= 15 is 0 Å². The number of benzene rings is 2. The first-order valence-corrected chi connectivity index (χ1v) is 6.31. The molecule has 2 rings (SSSR count). The molecule has 0 aromatic heterocycles. The van der Waals surface area contributed by atoms with E-state index in [0.29, 0.717) is 0 Å². The smallest absolute Gasteiger partial charge is 0.416 e. The Kier molecular flexibility index (Phi) is 4.44. The zero-order valence-electron chi connectivity index (χ0n) is 11.7. The number of methoxy groups -OCH3 is 1. The number of ether oxygens (including phenoxy) is 1. The number of hydrogen-bond donors (Lipinski definition) is 1. The first-order chi connectivity index (χ1) is 10.6. The Hall–Kier alpha value is -2.38. The van der Waals surface area contributed by atoms with Crippen LogP contribution in [0, 0.1) is 0 Å². The van der Waals surface area contributed by atoms with Gasteiger partial charge in [-0.3, -0.25) is 0 Å². The van der Waals surface area contributed by atoms with Gasteiger partial charge < -0.3 is 10.1 Å². The van der Waals surface area contributed by atoms with Gasteiger partial charge in [-0.15, -0.1) is 0 Å². The highest BCUT2D eigenvalue weighted by Crippen LogP contribution is 2.36. The van der Waals surface area contributed by atoms with Gasteiger partial charge >= 0.3 is 12.4 Å². The van der Waals surface area contributed by atoms with Crippen LogP contribution in [0.3, 0.4) is 0 Å². The van der Waals surface area contributed by atoms with Gasteiger partial charge in [-0.1, -0.05) is 0 Å². The summed E-state index contributed by atoms with van der Waals surface area (Å²) in [6, 6.07) is 6.93. The Morgan fingerprint density at radius 2 is 1.30 bits per heavy atom. The Bertz CT molecular complexity index is 676. The van der Waals surface area contributed by atoms with Crippen LogP contribution in [-0.4, -0.2) is 7.11 Å². The van der Waals surface area contributed by atoms with Gasteiger partial charge in [0, 0.05) is 5.69 Å². The lowest BCUT2D eigenvalue weighted by Crippen LogP contribution is -2.06. The second-order valence-corrected chi connectivity index (χ2v) is 4.61. The maximum atomic E-state index is 12.6. The number of halogens is 6. The lowest BCUT2D eigenvalue weighted by Gasteiger charge is -2.14. The molecule has 0 fully saturated rings. The summed E-state index contributed by atoms with van der Waals surface area (Å²) in [5.74, 6) is -0.0697. The second-order valence-electron chi connectivity index (χ2n) is 4.61. The van der Waals surface area contributed by atoms with Gasteiger partial charge in [0.25, 0.3) is 0 Å². The zero-order valence-corrected chi connectivity index (χ0v) is 11.7. The summed E-state index contributed by atoms with van der Waals surface area (Å²) in [6.07, 6.45) is -8.97. The molecule has 0 atom stereocenters. The second kappa shape index (κ2) is 6.02. The van der Waals surface area contributed by atoms with Gasteiger partial charge in [0.2, 0.25) is 0 Å². The summed E-state index contributed by atoms with van der Waals surface area (Å²) < 4.78 is 80.2. The topological polar surface area (TPSA) is 21.3 Å². The fraction of sp³-hybridized carbons (Fsp3) is 0.200. The van der Waals surface area contributed by atoms with Crippen LogP contribution in [0.25, 0.3) is 0 Å². The molecule has 0 aliphatic heterocycles. The molecule has 124 valence electrons. The molecule has 0 aliphatic carbocycles. The summed E-state index contributed by atoms with van der Waals surface area (Å²) in [5.41, 5.74) is -1.20. The number of hydrogen-bond acceptors (Lipinski definition) is 2. The fourth-order valence-electron chi connectivity index (χ4n) is 1.87. The maximum absolute atomic E-state index is 12.6. The summed E-state index contributed by atoms with van der Waals surface area (Å²) >= 11 is 0. The van der Waals surface area contributed by atoms with Gasteiger partial charge in [-0.25, -0.2) is 0 Å². The first kappa shape index (κ1) is 17.0. The van der Waals surface area contributed by atoms with Crippen LogP contribution in [0.5, 0.6) is 5.75 Å². The third-order valence-electron chi connectivity index (χ3n) is 3.02. The minimum atomic E-state index is -4.51. The van der Waals surface area contributed by atoms with Crippen molar-refractivity contribution in [1.29, 1.82) is 0 Å². The van der Waals surface area contributed by atoms with E-state index in [0.717, 1.165) is 30.3 Å². The number of rotatable bonds is 3. The summed E-state index contributed by atoms with van der Waals surface area (Å²) in [4.78, 5) is 0. The quantitative estimate of drug-likeness (QED) is 0.750. The summed E-state index contributed by atoms with van der Waals surface area (Å²) in [7, 11) is 1.20. The average molecular weight is 335 g/mol. The fourth-order valence-corrected chi connectivity index (χ4v) is 1.87. The lowest BCUT2D eigenvalue weighted by molar-refractivity contribution is -0.138. The van der Waals surface area contributed by atoms with Crippen LogP contribution in [0.1, 0.15) is 11.1 Å². The van der Waals surface area contributed by atoms with Crippen molar-refractivity contribution in [2.24, 2.45) is 0 Å². The normalized spacial score (nSPS) is 12.1. The highest BCUT2D eigenvalue weighted by atomic mass is 19.4. The van der Waals surface area contributed by atoms with E-state index in [1.54, 1.807) is 0 Å². The molecule has 8 heteroatoms. The number of nitrogens with one attached hydrogen (secondary N) is 1. The lowest BCUT2D eigenvalue weighted by atomic mass is 10.1. The van der Waals surface area contributed by atoms with Crippen molar-refractivity contribution in [3.8, 4) is 5.75 Å². The molecular weight excluding hydrogens is 324 g/mol. The minimum Gasteiger partial charge on any atom is -0.495 e. The molecule has 0 amide bonds. The van der Waals surface area contributed by atoms with Crippen LogP contribution < -0.4 is 10.1 Å². The monoisotopic (exact) mass is 335 g/mol. The van der Waals surface area contributed by atoms with E-state index in [-0.39, 0.29) is 17.1 Å². The van der Waals surface area contributed by atoms with Crippen molar-refractivity contribution in [2.45, 2.75) is 12.4 Å². The highest BCUT2D eigenvalue weighted by molar-refractivity contribution is 5.67. The van der Waals surface area contributed by atoms with Crippen LogP contribution in [0.4, 0.5) is 37.7 Å². The van der Waals surface area contributed by atoms with E-state index in [4.69, 9.17) is 4.74 Å². The number of alkyl halides is 6. The van der Waals surface area contributed by atoms with Gasteiger partial charge in [-0.05, 0) is 42.5 Å². The van der Waals surface area contributed by atoms with Crippen LogP contribution >= 0.6 is 0 Å². The molecular formula is C15H11F6NO. The Morgan fingerprint density at radius 1 is 0.783 bits per heavy atom. The molecule has 0 saturated carbocycles. The van der Waals surface area contributed by atoms with E-state index in [1.165, 1.54) is 19.2 Å². The molecule has 0 radical (unpaired) electrons. The van der Waals surface area contributed by atoms with Crippen molar-refractivity contribution in [3.05, 3.63) is 53.6 Å². The number of anilines is 2. The molecule has 0 heterocycles.